The molecule has 5 heteroatoms. The van der Waals surface area contributed by atoms with Gasteiger partial charge in [-0.15, -0.1) is 0 Å². The number of halogens is 2. The van der Waals surface area contributed by atoms with Crippen molar-refractivity contribution < 1.29 is 0 Å². The molecular weight excluding hydrogens is 281 g/mol. The lowest BCUT2D eigenvalue weighted by Gasteiger charge is -2.17. The maximum absolute atomic E-state index is 6.19. The summed E-state index contributed by atoms with van der Waals surface area (Å²) in [7, 11) is 0. The van der Waals surface area contributed by atoms with Crippen LogP contribution >= 0.6 is 23.2 Å². The molecule has 19 heavy (non-hydrogen) atoms. The number of hydrogen-bond acceptors (Lipinski definition) is 3. The summed E-state index contributed by atoms with van der Waals surface area (Å²) in [6.45, 7) is 1.95. The summed E-state index contributed by atoms with van der Waals surface area (Å²) in [6, 6.07) is 11.3. The Morgan fingerprint density at radius 1 is 1.21 bits per heavy atom. The Kier molecular flexibility index (Phi) is 4.77. The molecule has 0 bridgehead atoms. The fourth-order valence-corrected chi connectivity index (χ4v) is 2.33. The number of nitrogens with two attached hydrogens (primary N) is 1. The first kappa shape index (κ1) is 14.3. The summed E-state index contributed by atoms with van der Waals surface area (Å²) < 4.78 is 0. The molecule has 2 rings (SSSR count). The van der Waals surface area contributed by atoms with Crippen molar-refractivity contribution in [2.45, 2.75) is 19.4 Å². The first-order valence-corrected chi connectivity index (χ1v) is 6.70. The van der Waals surface area contributed by atoms with Crippen molar-refractivity contribution in [3.63, 3.8) is 0 Å². The van der Waals surface area contributed by atoms with Crippen LogP contribution in [0.4, 0.5) is 0 Å². The summed E-state index contributed by atoms with van der Waals surface area (Å²) in [5.41, 5.74) is 5.56. The third kappa shape index (κ3) is 3.45. The largest absolute Gasteiger partial charge is 0.271 e. The molecule has 1 heterocycles. The van der Waals surface area contributed by atoms with E-state index < -0.39 is 0 Å². The maximum Gasteiger partial charge on any atom is 0.0673 e. The van der Waals surface area contributed by atoms with Crippen molar-refractivity contribution in [1.29, 1.82) is 0 Å². The molecule has 1 atom stereocenters. The predicted octanol–water partition coefficient (Wildman–Crippen LogP) is 3.44. The second-order valence-corrected chi connectivity index (χ2v) is 5.13. The molecule has 0 aliphatic heterocycles. The topological polar surface area (TPSA) is 50.9 Å². The number of nitrogens with one attached hydrogen (secondary N) is 1. The second kappa shape index (κ2) is 6.35. The normalized spacial score (nSPS) is 12.4. The van der Waals surface area contributed by atoms with Crippen LogP contribution < -0.4 is 11.3 Å². The van der Waals surface area contributed by atoms with Gasteiger partial charge in [0.1, 0.15) is 0 Å². The van der Waals surface area contributed by atoms with E-state index in [-0.39, 0.29) is 6.04 Å². The zero-order valence-corrected chi connectivity index (χ0v) is 12.0. The van der Waals surface area contributed by atoms with Gasteiger partial charge in [-0.3, -0.25) is 16.3 Å². The molecule has 1 aromatic heterocycles. The fourth-order valence-electron chi connectivity index (χ4n) is 1.93. The minimum absolute atomic E-state index is 0.101. The van der Waals surface area contributed by atoms with E-state index in [1.807, 2.05) is 37.3 Å². The number of pyridine rings is 1. The average Bonchev–Trinajstić information content (AvgIpc) is 2.40. The van der Waals surface area contributed by atoms with Gasteiger partial charge in [-0.1, -0.05) is 41.4 Å². The van der Waals surface area contributed by atoms with Gasteiger partial charge in [0.25, 0.3) is 0 Å². The van der Waals surface area contributed by atoms with Gasteiger partial charge in [0.05, 0.1) is 21.8 Å². The Labute approximate surface area is 122 Å². The Morgan fingerprint density at radius 2 is 1.95 bits per heavy atom. The van der Waals surface area contributed by atoms with Gasteiger partial charge in [0.2, 0.25) is 0 Å². The second-order valence-electron chi connectivity index (χ2n) is 4.34. The van der Waals surface area contributed by atoms with E-state index in [1.165, 1.54) is 0 Å². The third-order valence-electron chi connectivity index (χ3n) is 2.92. The summed E-state index contributed by atoms with van der Waals surface area (Å²) in [5, 5.41) is 1.12. The van der Waals surface area contributed by atoms with Crippen molar-refractivity contribution in [3.05, 3.63) is 63.4 Å². The molecule has 0 saturated heterocycles. The highest BCUT2D eigenvalue weighted by Gasteiger charge is 2.15. The molecule has 0 spiro atoms. The van der Waals surface area contributed by atoms with E-state index in [2.05, 4.69) is 10.4 Å². The van der Waals surface area contributed by atoms with Crippen LogP contribution in [0.2, 0.25) is 10.0 Å². The van der Waals surface area contributed by atoms with E-state index in [4.69, 9.17) is 29.0 Å². The molecule has 1 unspecified atom stereocenters. The molecule has 100 valence electrons. The quantitative estimate of drug-likeness (QED) is 0.671. The fraction of sp³-hybridized carbons (Fsp3) is 0.214. The van der Waals surface area contributed by atoms with E-state index in [0.29, 0.717) is 16.5 Å². The monoisotopic (exact) mass is 295 g/mol. The lowest BCUT2D eigenvalue weighted by molar-refractivity contribution is 0.537. The number of rotatable bonds is 4. The van der Waals surface area contributed by atoms with Crippen molar-refractivity contribution in [2.24, 2.45) is 5.84 Å². The average molecular weight is 296 g/mol. The van der Waals surface area contributed by atoms with E-state index >= 15 is 0 Å². The Bertz CT molecular complexity index is 572. The molecule has 0 amide bonds. The molecular formula is C14H15Cl2N3. The molecule has 2 aromatic rings. The molecule has 0 fully saturated rings. The van der Waals surface area contributed by atoms with Gasteiger partial charge >= 0.3 is 0 Å². The number of hydrogen-bond donors (Lipinski definition) is 2. The summed E-state index contributed by atoms with van der Waals surface area (Å²) >= 11 is 12.2. The highest BCUT2D eigenvalue weighted by molar-refractivity contribution is 6.42. The molecule has 1 aromatic carbocycles. The first-order chi connectivity index (χ1) is 9.11. The first-order valence-electron chi connectivity index (χ1n) is 5.94. The lowest BCUT2D eigenvalue weighted by Crippen LogP contribution is -2.30. The molecule has 0 aliphatic rings. The van der Waals surface area contributed by atoms with Gasteiger partial charge in [0, 0.05) is 5.69 Å². The van der Waals surface area contributed by atoms with E-state index in [0.717, 1.165) is 17.0 Å². The van der Waals surface area contributed by atoms with E-state index in [1.54, 1.807) is 6.07 Å². The van der Waals surface area contributed by atoms with Gasteiger partial charge in [-0.25, -0.2) is 0 Å². The van der Waals surface area contributed by atoms with Gasteiger partial charge in [-0.05, 0) is 37.1 Å². The summed E-state index contributed by atoms with van der Waals surface area (Å²) in [6.07, 6.45) is 0.631. The van der Waals surface area contributed by atoms with Crippen LogP contribution in [-0.2, 0) is 6.42 Å². The van der Waals surface area contributed by atoms with Crippen LogP contribution in [0.1, 0.15) is 23.0 Å². The van der Waals surface area contributed by atoms with Crippen LogP contribution in [0.5, 0.6) is 0 Å². The zero-order valence-electron chi connectivity index (χ0n) is 10.5. The minimum Gasteiger partial charge on any atom is -0.271 e. The zero-order chi connectivity index (χ0) is 13.8. The maximum atomic E-state index is 6.19. The lowest BCUT2D eigenvalue weighted by atomic mass is 10.0. The molecule has 3 nitrogen and oxygen atoms in total. The predicted molar refractivity (Wildman–Crippen MR) is 79.2 cm³/mol. The van der Waals surface area contributed by atoms with Crippen LogP contribution in [-0.4, -0.2) is 4.98 Å². The third-order valence-corrected chi connectivity index (χ3v) is 3.78. The van der Waals surface area contributed by atoms with Crippen LogP contribution in [0, 0.1) is 6.92 Å². The smallest absolute Gasteiger partial charge is 0.0673 e. The van der Waals surface area contributed by atoms with Gasteiger partial charge in [0.15, 0.2) is 0 Å². The van der Waals surface area contributed by atoms with Crippen LogP contribution in [0.15, 0.2) is 36.4 Å². The number of aromatic nitrogens is 1. The van der Waals surface area contributed by atoms with Crippen molar-refractivity contribution in [1.82, 2.24) is 10.4 Å². The summed E-state index contributed by atoms with van der Waals surface area (Å²) in [4.78, 5) is 4.47. The van der Waals surface area contributed by atoms with E-state index in [9.17, 15) is 0 Å². The Morgan fingerprint density at radius 3 is 2.63 bits per heavy atom. The van der Waals surface area contributed by atoms with Crippen LogP contribution in [0.3, 0.4) is 0 Å². The highest BCUT2D eigenvalue weighted by atomic mass is 35.5. The Hall–Kier alpha value is -1.13. The van der Waals surface area contributed by atoms with Gasteiger partial charge < -0.3 is 0 Å². The minimum atomic E-state index is -0.101. The molecule has 0 saturated carbocycles. The molecule has 0 aliphatic carbocycles. The molecule has 0 radical (unpaired) electrons. The van der Waals surface area contributed by atoms with Crippen molar-refractivity contribution in [3.8, 4) is 0 Å². The highest BCUT2D eigenvalue weighted by Crippen LogP contribution is 2.28. The standard InChI is InChI=1S/C14H15Cl2N3/c1-9-4-2-7-12(18-9)13(19-17)8-10-5-3-6-11(15)14(10)16/h2-7,13,19H,8,17H2,1H3. The van der Waals surface area contributed by atoms with Crippen molar-refractivity contribution in [2.75, 3.05) is 0 Å². The molecule has 3 N–H and O–H groups in total. The Balaban J connectivity index is 2.26. The number of hydrazine groups is 1. The SMILES string of the molecule is Cc1cccc(C(Cc2cccc(Cl)c2Cl)NN)n1. The van der Waals surface area contributed by atoms with Crippen molar-refractivity contribution >= 4 is 23.2 Å². The van der Waals surface area contributed by atoms with Crippen LogP contribution in [0.25, 0.3) is 0 Å². The summed E-state index contributed by atoms with van der Waals surface area (Å²) in [5.74, 6) is 5.62. The number of nitrogens with zero attached hydrogens (tertiary/aromatic N) is 1. The van der Waals surface area contributed by atoms with Gasteiger partial charge in [-0.2, -0.15) is 0 Å². The number of benzene rings is 1. The number of aryl methyl sites for hydroxylation is 1.